The molecule has 2 heterocycles. The third-order valence-corrected chi connectivity index (χ3v) is 6.23. The molecule has 1 aliphatic heterocycles. The maximum Gasteiger partial charge on any atom is 0.408 e. The van der Waals surface area contributed by atoms with E-state index >= 15 is 0 Å². The van der Waals surface area contributed by atoms with Crippen LogP contribution in [0.1, 0.15) is 22.3 Å². The first-order chi connectivity index (χ1) is 16.7. The first-order valence-electron chi connectivity index (χ1n) is 11.4. The molecule has 7 nitrogen and oxygen atoms in total. The Morgan fingerprint density at radius 3 is 2.53 bits per heavy atom. The van der Waals surface area contributed by atoms with E-state index in [1.54, 1.807) is 6.20 Å². The fourth-order valence-electron chi connectivity index (χ4n) is 4.41. The van der Waals surface area contributed by atoms with Crippen molar-refractivity contribution in [3.63, 3.8) is 0 Å². The maximum absolute atomic E-state index is 13.6. The molecule has 4 aromatic rings. The summed E-state index contributed by atoms with van der Waals surface area (Å²) in [6, 6.07) is 22.8. The van der Waals surface area contributed by atoms with Gasteiger partial charge in [0.15, 0.2) is 0 Å². The van der Waals surface area contributed by atoms with Gasteiger partial charge in [-0.3, -0.25) is 9.89 Å². The van der Waals surface area contributed by atoms with E-state index in [2.05, 4.69) is 27.6 Å². The van der Waals surface area contributed by atoms with Crippen molar-refractivity contribution >= 4 is 22.9 Å². The number of ether oxygens (including phenoxy) is 1. The van der Waals surface area contributed by atoms with E-state index in [1.165, 1.54) is 0 Å². The smallest absolute Gasteiger partial charge is 0.408 e. The van der Waals surface area contributed by atoms with Crippen LogP contribution in [-0.2, 0) is 35.5 Å². The molecule has 0 unspecified atom stereocenters. The van der Waals surface area contributed by atoms with Crippen molar-refractivity contribution < 1.29 is 14.3 Å². The normalized spacial score (nSPS) is 15.6. The quantitative estimate of drug-likeness (QED) is 0.461. The van der Waals surface area contributed by atoms with Crippen LogP contribution in [0.15, 0.2) is 79.0 Å². The third kappa shape index (κ3) is 4.78. The van der Waals surface area contributed by atoms with Crippen molar-refractivity contribution in [2.24, 2.45) is 0 Å². The van der Waals surface area contributed by atoms with Crippen molar-refractivity contribution in [3.8, 4) is 0 Å². The summed E-state index contributed by atoms with van der Waals surface area (Å²) in [6.07, 6.45) is 2.33. The lowest BCUT2D eigenvalue weighted by molar-refractivity contribution is -0.133. The number of nitrogens with one attached hydrogen (secondary N) is 2. The summed E-state index contributed by atoms with van der Waals surface area (Å²) < 4.78 is 5.39. The largest absolute Gasteiger partial charge is 0.445 e. The first kappa shape index (κ1) is 21.7. The molecule has 0 saturated carbocycles. The molecule has 0 radical (unpaired) electrons. The zero-order chi connectivity index (χ0) is 23.3. The number of amides is 2. The number of alkyl carbamates (subject to hydrolysis) is 1. The number of benzene rings is 3. The highest BCUT2D eigenvalue weighted by Gasteiger charge is 2.32. The van der Waals surface area contributed by atoms with Gasteiger partial charge in [0.25, 0.3) is 0 Å². The Balaban J connectivity index is 1.36. The second kappa shape index (κ2) is 9.79. The van der Waals surface area contributed by atoms with E-state index in [0.29, 0.717) is 19.5 Å². The van der Waals surface area contributed by atoms with Gasteiger partial charge in [-0.15, -0.1) is 0 Å². The molecule has 0 spiro atoms. The highest BCUT2D eigenvalue weighted by atomic mass is 16.5. The van der Waals surface area contributed by atoms with Crippen LogP contribution in [0.3, 0.4) is 0 Å². The summed E-state index contributed by atoms with van der Waals surface area (Å²) in [5.74, 6) is -0.111. The van der Waals surface area contributed by atoms with Crippen LogP contribution < -0.4 is 5.32 Å². The van der Waals surface area contributed by atoms with Gasteiger partial charge in [0.2, 0.25) is 5.91 Å². The average Bonchev–Trinajstić information content (AvgIpc) is 3.31. The molecular formula is C27H26N4O3. The molecule has 0 fully saturated rings. The number of rotatable bonds is 6. The van der Waals surface area contributed by atoms with E-state index in [0.717, 1.165) is 39.6 Å². The number of fused-ring (bicyclic) bond motifs is 3. The third-order valence-electron chi connectivity index (χ3n) is 6.23. The van der Waals surface area contributed by atoms with Crippen LogP contribution in [-0.4, -0.2) is 39.7 Å². The predicted octanol–water partition coefficient (Wildman–Crippen LogP) is 3.99. The minimum absolute atomic E-state index is 0.111. The van der Waals surface area contributed by atoms with Gasteiger partial charge in [-0.05, 0) is 34.7 Å². The van der Waals surface area contributed by atoms with E-state index in [4.69, 9.17) is 4.74 Å². The van der Waals surface area contributed by atoms with Crippen molar-refractivity contribution in [2.75, 3.05) is 6.54 Å². The Kier molecular flexibility index (Phi) is 6.25. The standard InChI is InChI=1S/C27H26N4O3/c32-26-25(29-27(33)34-18-20-9-5-2-6-10-20)15-21-11-12-24-22(16-28-30-24)23(21)17-31(26)14-13-19-7-3-1-4-8-19/h1-12,16,25H,13-15,17-18H2,(H,28,30)(H,29,33)/t25-/m1/s1. The van der Waals surface area contributed by atoms with Crippen LogP contribution in [0, 0.1) is 0 Å². The van der Waals surface area contributed by atoms with Gasteiger partial charge in [-0.25, -0.2) is 4.79 Å². The van der Waals surface area contributed by atoms with Gasteiger partial charge < -0.3 is 15.0 Å². The first-order valence-corrected chi connectivity index (χ1v) is 11.4. The molecule has 172 valence electrons. The van der Waals surface area contributed by atoms with Gasteiger partial charge in [-0.1, -0.05) is 66.7 Å². The van der Waals surface area contributed by atoms with Gasteiger partial charge in [0.1, 0.15) is 12.6 Å². The number of carbonyl (C=O) groups is 2. The number of aromatic nitrogens is 2. The second-order valence-electron chi connectivity index (χ2n) is 8.49. The summed E-state index contributed by atoms with van der Waals surface area (Å²) in [4.78, 5) is 28.0. The van der Waals surface area contributed by atoms with Crippen molar-refractivity contribution in [1.82, 2.24) is 20.4 Å². The fraction of sp³-hybridized carbons (Fsp3) is 0.222. The molecule has 1 atom stereocenters. The molecular weight excluding hydrogens is 428 g/mol. The highest BCUT2D eigenvalue weighted by Crippen LogP contribution is 2.27. The average molecular weight is 455 g/mol. The Labute approximate surface area is 197 Å². The number of hydrogen-bond donors (Lipinski definition) is 2. The van der Waals surface area contributed by atoms with Gasteiger partial charge in [0.05, 0.1) is 11.7 Å². The summed E-state index contributed by atoms with van der Waals surface area (Å²) in [5.41, 5.74) is 5.07. The van der Waals surface area contributed by atoms with Gasteiger partial charge in [-0.2, -0.15) is 5.10 Å². The van der Waals surface area contributed by atoms with E-state index < -0.39 is 12.1 Å². The van der Waals surface area contributed by atoms with Gasteiger partial charge >= 0.3 is 6.09 Å². The summed E-state index contributed by atoms with van der Waals surface area (Å²) in [6.45, 7) is 1.17. The Morgan fingerprint density at radius 2 is 1.76 bits per heavy atom. The van der Waals surface area contributed by atoms with E-state index in [1.807, 2.05) is 65.6 Å². The lowest BCUT2D eigenvalue weighted by Gasteiger charge is -2.25. The highest BCUT2D eigenvalue weighted by molar-refractivity contribution is 5.89. The molecule has 7 heteroatoms. The predicted molar refractivity (Wildman–Crippen MR) is 129 cm³/mol. The van der Waals surface area contributed by atoms with Gasteiger partial charge in [0, 0.05) is 24.9 Å². The van der Waals surface area contributed by atoms with Crippen LogP contribution in [0.5, 0.6) is 0 Å². The number of carbonyl (C=O) groups excluding carboxylic acids is 2. The summed E-state index contributed by atoms with van der Waals surface area (Å²) in [7, 11) is 0. The number of H-pyrrole nitrogens is 1. The molecule has 2 amide bonds. The zero-order valence-electron chi connectivity index (χ0n) is 18.7. The van der Waals surface area contributed by atoms with Crippen LogP contribution in [0.25, 0.3) is 10.9 Å². The molecule has 2 N–H and O–H groups in total. The molecule has 0 bridgehead atoms. The zero-order valence-corrected chi connectivity index (χ0v) is 18.7. The Morgan fingerprint density at radius 1 is 1.03 bits per heavy atom. The summed E-state index contributed by atoms with van der Waals surface area (Å²) >= 11 is 0. The molecule has 1 aliphatic rings. The molecule has 5 rings (SSSR count). The topological polar surface area (TPSA) is 87.3 Å². The van der Waals surface area contributed by atoms with Crippen LogP contribution in [0.4, 0.5) is 4.79 Å². The molecule has 3 aromatic carbocycles. The number of hydrogen-bond acceptors (Lipinski definition) is 4. The number of nitrogens with zero attached hydrogens (tertiary/aromatic N) is 2. The minimum atomic E-state index is -0.704. The SMILES string of the molecule is O=C(N[C@@H]1Cc2ccc3[nH]ncc3c2CN(CCc2ccccc2)C1=O)OCc1ccccc1. The maximum atomic E-state index is 13.6. The van der Waals surface area contributed by atoms with Crippen LogP contribution >= 0.6 is 0 Å². The molecule has 34 heavy (non-hydrogen) atoms. The van der Waals surface area contributed by atoms with E-state index in [9.17, 15) is 9.59 Å². The lowest BCUT2D eigenvalue weighted by Crippen LogP contribution is -2.48. The minimum Gasteiger partial charge on any atom is -0.445 e. The molecule has 0 aliphatic carbocycles. The molecule has 0 saturated heterocycles. The fourth-order valence-corrected chi connectivity index (χ4v) is 4.41. The Bertz CT molecular complexity index is 1290. The van der Waals surface area contributed by atoms with Crippen molar-refractivity contribution in [2.45, 2.75) is 32.0 Å². The molecule has 1 aromatic heterocycles. The second-order valence-corrected chi connectivity index (χ2v) is 8.49. The van der Waals surface area contributed by atoms with Crippen LogP contribution in [0.2, 0.25) is 0 Å². The van der Waals surface area contributed by atoms with E-state index in [-0.39, 0.29) is 12.5 Å². The van der Waals surface area contributed by atoms with Crippen molar-refractivity contribution in [1.29, 1.82) is 0 Å². The lowest BCUT2D eigenvalue weighted by atomic mass is 9.99. The van der Waals surface area contributed by atoms with Crippen molar-refractivity contribution in [3.05, 3.63) is 101 Å². The monoisotopic (exact) mass is 454 g/mol. The summed E-state index contributed by atoms with van der Waals surface area (Å²) in [5, 5.41) is 11.0. The number of aromatic amines is 1. The Hall–Kier alpha value is -4.13.